The number of methoxy groups -OCH3 is 1. The SMILES string of the molecule is COc1cc(/C=N\Nc2nc(Nc3ccc(F)cc3)nc(N3CCCCC3)n2)cc(Br)c1OCc1ccccc1. The molecule has 0 radical (unpaired) electrons. The number of anilines is 4. The van der Waals surface area contributed by atoms with Crippen molar-refractivity contribution in [3.05, 3.63) is 88.1 Å². The zero-order valence-corrected chi connectivity index (χ0v) is 23.6. The van der Waals surface area contributed by atoms with Gasteiger partial charge in [-0.25, -0.2) is 9.82 Å². The van der Waals surface area contributed by atoms with Crippen LogP contribution in [0.1, 0.15) is 30.4 Å². The molecule has 0 spiro atoms. The second kappa shape index (κ2) is 13.2. The number of hydrogen-bond acceptors (Lipinski definition) is 9. The number of rotatable bonds is 10. The standard InChI is InChI=1S/C29H29BrFN7O2/c1-39-25-17-21(16-24(30)26(25)40-19-20-8-4-2-5-9-20)18-32-37-28-34-27(33-23-12-10-22(31)11-13-23)35-29(36-28)38-14-6-3-7-15-38/h2,4-5,8-13,16-18H,3,6-7,14-15,19H2,1H3,(H2,33,34,35,36,37)/b32-18-. The van der Waals surface area contributed by atoms with E-state index in [2.05, 4.69) is 51.6 Å². The van der Waals surface area contributed by atoms with Gasteiger partial charge in [-0.05, 0) is 82.7 Å². The molecule has 0 aliphatic carbocycles. The first-order valence-corrected chi connectivity index (χ1v) is 13.7. The maximum atomic E-state index is 13.4. The molecule has 1 aliphatic rings. The van der Waals surface area contributed by atoms with Gasteiger partial charge in [-0.1, -0.05) is 30.3 Å². The molecule has 206 valence electrons. The Morgan fingerprint density at radius 2 is 1.73 bits per heavy atom. The van der Waals surface area contributed by atoms with E-state index < -0.39 is 0 Å². The Kier molecular flexibility index (Phi) is 9.02. The highest BCUT2D eigenvalue weighted by atomic mass is 79.9. The lowest BCUT2D eigenvalue weighted by atomic mass is 10.1. The van der Waals surface area contributed by atoms with Crippen LogP contribution in [0.5, 0.6) is 11.5 Å². The fourth-order valence-electron chi connectivity index (χ4n) is 4.22. The quantitative estimate of drug-likeness (QED) is 0.155. The molecule has 1 aliphatic heterocycles. The average molecular weight is 607 g/mol. The first-order chi connectivity index (χ1) is 19.6. The van der Waals surface area contributed by atoms with Crippen molar-refractivity contribution in [2.24, 2.45) is 5.10 Å². The van der Waals surface area contributed by atoms with Gasteiger partial charge in [0.25, 0.3) is 0 Å². The first-order valence-electron chi connectivity index (χ1n) is 12.9. The summed E-state index contributed by atoms with van der Waals surface area (Å²) in [7, 11) is 1.60. The van der Waals surface area contributed by atoms with Crippen molar-refractivity contribution in [2.45, 2.75) is 25.9 Å². The number of ether oxygens (including phenoxy) is 2. The second-order valence-electron chi connectivity index (χ2n) is 9.14. The summed E-state index contributed by atoms with van der Waals surface area (Å²) in [5.74, 6) is 2.04. The van der Waals surface area contributed by atoms with Crippen LogP contribution in [0.15, 0.2) is 76.3 Å². The van der Waals surface area contributed by atoms with E-state index in [0.29, 0.717) is 35.7 Å². The normalized spacial score (nSPS) is 13.3. The molecule has 0 bridgehead atoms. The monoisotopic (exact) mass is 605 g/mol. The summed E-state index contributed by atoms with van der Waals surface area (Å²) in [4.78, 5) is 15.8. The Morgan fingerprint density at radius 3 is 2.48 bits per heavy atom. The average Bonchev–Trinajstić information content (AvgIpc) is 2.98. The van der Waals surface area contributed by atoms with Crippen LogP contribution in [0.3, 0.4) is 0 Å². The molecule has 2 heterocycles. The van der Waals surface area contributed by atoms with Crippen LogP contribution < -0.4 is 25.1 Å². The van der Waals surface area contributed by atoms with Gasteiger partial charge in [-0.2, -0.15) is 20.1 Å². The number of hydrazone groups is 1. The van der Waals surface area contributed by atoms with Crippen molar-refractivity contribution in [1.82, 2.24) is 15.0 Å². The van der Waals surface area contributed by atoms with Crippen LogP contribution >= 0.6 is 15.9 Å². The molecule has 0 atom stereocenters. The maximum Gasteiger partial charge on any atom is 0.250 e. The third-order valence-electron chi connectivity index (χ3n) is 6.22. The topological polar surface area (TPSA) is 96.8 Å². The van der Waals surface area contributed by atoms with E-state index in [-0.39, 0.29) is 11.8 Å². The minimum atomic E-state index is -0.314. The predicted octanol–water partition coefficient (Wildman–Crippen LogP) is 6.54. The molecule has 1 aromatic heterocycles. The Labute approximate surface area is 240 Å². The zero-order valence-electron chi connectivity index (χ0n) is 22.0. The lowest BCUT2D eigenvalue weighted by Gasteiger charge is -2.26. The summed E-state index contributed by atoms with van der Waals surface area (Å²) < 4.78 is 25.7. The number of hydrogen-bond donors (Lipinski definition) is 2. The zero-order chi connectivity index (χ0) is 27.7. The molecule has 5 rings (SSSR count). The molecule has 4 aromatic rings. The highest BCUT2D eigenvalue weighted by molar-refractivity contribution is 9.10. The van der Waals surface area contributed by atoms with E-state index >= 15 is 0 Å². The van der Waals surface area contributed by atoms with E-state index in [1.807, 2.05) is 42.5 Å². The molecule has 3 aromatic carbocycles. The third kappa shape index (κ3) is 7.23. The second-order valence-corrected chi connectivity index (χ2v) is 9.99. The van der Waals surface area contributed by atoms with Crippen molar-refractivity contribution in [2.75, 3.05) is 35.8 Å². The van der Waals surface area contributed by atoms with Crippen LogP contribution in [0.2, 0.25) is 0 Å². The lowest BCUT2D eigenvalue weighted by molar-refractivity contribution is 0.282. The minimum Gasteiger partial charge on any atom is -0.493 e. The molecule has 11 heteroatoms. The van der Waals surface area contributed by atoms with Crippen LogP contribution in [0.4, 0.5) is 27.9 Å². The summed E-state index contributed by atoms with van der Waals surface area (Å²) in [6.45, 7) is 2.16. The Hall–Kier alpha value is -4.25. The van der Waals surface area contributed by atoms with Gasteiger partial charge in [-0.3, -0.25) is 0 Å². The number of aromatic nitrogens is 3. The Balaban J connectivity index is 1.33. The summed E-state index contributed by atoms with van der Waals surface area (Å²) in [6, 6.07) is 19.7. The summed E-state index contributed by atoms with van der Waals surface area (Å²) in [5.41, 5.74) is 5.42. The van der Waals surface area contributed by atoms with E-state index in [0.717, 1.165) is 41.5 Å². The Bertz CT molecular complexity index is 1450. The van der Waals surface area contributed by atoms with Gasteiger partial charge in [-0.15, -0.1) is 0 Å². The fourth-order valence-corrected chi connectivity index (χ4v) is 4.79. The van der Waals surface area contributed by atoms with Gasteiger partial charge >= 0.3 is 0 Å². The van der Waals surface area contributed by atoms with E-state index in [1.54, 1.807) is 25.5 Å². The van der Waals surface area contributed by atoms with Gasteiger partial charge in [0.2, 0.25) is 17.8 Å². The van der Waals surface area contributed by atoms with Crippen molar-refractivity contribution in [1.29, 1.82) is 0 Å². The van der Waals surface area contributed by atoms with Crippen molar-refractivity contribution < 1.29 is 13.9 Å². The van der Waals surface area contributed by atoms with Gasteiger partial charge in [0.1, 0.15) is 12.4 Å². The van der Waals surface area contributed by atoms with Gasteiger partial charge in [0.05, 0.1) is 17.8 Å². The Morgan fingerprint density at radius 1 is 0.975 bits per heavy atom. The highest BCUT2D eigenvalue weighted by Crippen LogP contribution is 2.37. The molecule has 1 fully saturated rings. The molecular formula is C29H29BrFN7O2. The molecule has 9 nitrogen and oxygen atoms in total. The minimum absolute atomic E-state index is 0.283. The van der Waals surface area contributed by atoms with Gasteiger partial charge in [0.15, 0.2) is 11.5 Å². The predicted molar refractivity (Wildman–Crippen MR) is 158 cm³/mol. The summed E-state index contributed by atoms with van der Waals surface area (Å²) in [6.07, 6.45) is 4.99. The smallest absolute Gasteiger partial charge is 0.250 e. The fraction of sp³-hybridized carbons (Fsp3) is 0.241. The number of nitrogens with zero attached hydrogens (tertiary/aromatic N) is 5. The molecular weight excluding hydrogens is 577 g/mol. The van der Waals surface area contributed by atoms with E-state index in [4.69, 9.17) is 9.47 Å². The van der Waals surface area contributed by atoms with Crippen LogP contribution in [0, 0.1) is 5.82 Å². The number of piperidine rings is 1. The van der Waals surface area contributed by atoms with Crippen molar-refractivity contribution in [3.63, 3.8) is 0 Å². The van der Waals surface area contributed by atoms with E-state index in [9.17, 15) is 4.39 Å². The van der Waals surface area contributed by atoms with Crippen LogP contribution in [0.25, 0.3) is 0 Å². The van der Waals surface area contributed by atoms with Gasteiger partial charge in [0, 0.05) is 18.8 Å². The van der Waals surface area contributed by atoms with Crippen molar-refractivity contribution >= 4 is 45.7 Å². The lowest BCUT2D eigenvalue weighted by Crippen LogP contribution is -2.31. The van der Waals surface area contributed by atoms with Crippen LogP contribution in [-0.2, 0) is 6.61 Å². The largest absolute Gasteiger partial charge is 0.493 e. The number of halogens is 2. The van der Waals surface area contributed by atoms with Crippen molar-refractivity contribution in [3.8, 4) is 11.5 Å². The third-order valence-corrected chi connectivity index (χ3v) is 6.81. The molecule has 1 saturated heterocycles. The number of nitrogens with one attached hydrogen (secondary N) is 2. The molecule has 0 saturated carbocycles. The maximum absolute atomic E-state index is 13.4. The number of benzene rings is 3. The van der Waals surface area contributed by atoms with Gasteiger partial charge < -0.3 is 19.7 Å². The summed E-state index contributed by atoms with van der Waals surface area (Å²) in [5, 5.41) is 7.48. The first kappa shape index (κ1) is 27.3. The molecule has 0 amide bonds. The van der Waals surface area contributed by atoms with E-state index in [1.165, 1.54) is 18.6 Å². The summed E-state index contributed by atoms with van der Waals surface area (Å²) >= 11 is 3.59. The van der Waals surface area contributed by atoms with Crippen LogP contribution in [-0.4, -0.2) is 41.4 Å². The molecule has 2 N–H and O–H groups in total. The highest BCUT2D eigenvalue weighted by Gasteiger charge is 2.17. The molecule has 0 unspecified atom stereocenters. The molecule has 40 heavy (non-hydrogen) atoms.